The lowest BCUT2D eigenvalue weighted by atomic mass is 10.1. The molecule has 0 radical (unpaired) electrons. The van der Waals surface area contributed by atoms with Gasteiger partial charge < -0.3 is 15.5 Å². The van der Waals surface area contributed by atoms with Gasteiger partial charge in [-0.3, -0.25) is 0 Å². The lowest BCUT2D eigenvalue weighted by Crippen LogP contribution is -2.37. The van der Waals surface area contributed by atoms with Crippen molar-refractivity contribution in [3.63, 3.8) is 0 Å². The Morgan fingerprint density at radius 3 is 2.60 bits per heavy atom. The van der Waals surface area contributed by atoms with E-state index in [1.807, 2.05) is 30.3 Å². The average molecular weight is 294 g/mol. The molecule has 20 heavy (non-hydrogen) atoms. The Labute approximate surface area is 122 Å². The van der Waals surface area contributed by atoms with Gasteiger partial charge >= 0.3 is 0 Å². The van der Waals surface area contributed by atoms with Crippen molar-refractivity contribution < 1.29 is 10.2 Å². The van der Waals surface area contributed by atoms with E-state index < -0.39 is 5.60 Å². The van der Waals surface area contributed by atoms with E-state index in [1.165, 1.54) is 6.92 Å². The molecule has 2 aromatic rings. The number of aliphatic hydroxyl groups excluding tert-OH is 1. The topological polar surface area (TPSA) is 78.3 Å². The van der Waals surface area contributed by atoms with Crippen LogP contribution in [0.2, 0.25) is 5.15 Å². The van der Waals surface area contributed by atoms with Gasteiger partial charge in [0.2, 0.25) is 0 Å². The van der Waals surface area contributed by atoms with Crippen LogP contribution in [-0.2, 0) is 0 Å². The third-order valence-electron chi connectivity index (χ3n) is 2.72. The first kappa shape index (κ1) is 14.7. The Morgan fingerprint density at radius 1 is 1.25 bits per heavy atom. The minimum absolute atomic E-state index is 0.158. The molecule has 1 aromatic carbocycles. The molecule has 2 rings (SSSR count). The van der Waals surface area contributed by atoms with Crippen molar-refractivity contribution in [3.8, 4) is 11.4 Å². The number of rotatable bonds is 5. The highest BCUT2D eigenvalue weighted by Crippen LogP contribution is 2.20. The Morgan fingerprint density at radius 2 is 1.95 bits per heavy atom. The fourth-order valence-electron chi connectivity index (χ4n) is 1.56. The number of nitrogens with zero attached hydrogens (tertiary/aromatic N) is 2. The van der Waals surface area contributed by atoms with Gasteiger partial charge in [0.1, 0.15) is 16.6 Å². The number of aliphatic hydroxyl groups is 2. The van der Waals surface area contributed by atoms with E-state index in [0.29, 0.717) is 16.8 Å². The number of hydrogen-bond acceptors (Lipinski definition) is 5. The average Bonchev–Trinajstić information content (AvgIpc) is 2.46. The highest BCUT2D eigenvalue weighted by atomic mass is 35.5. The molecule has 0 aliphatic heterocycles. The third kappa shape index (κ3) is 3.90. The third-order valence-corrected chi connectivity index (χ3v) is 2.91. The normalized spacial score (nSPS) is 13.8. The van der Waals surface area contributed by atoms with Crippen LogP contribution in [0.4, 0.5) is 5.82 Å². The van der Waals surface area contributed by atoms with Crippen molar-refractivity contribution in [1.29, 1.82) is 0 Å². The molecule has 5 nitrogen and oxygen atoms in total. The molecular formula is C14H16ClN3O2. The van der Waals surface area contributed by atoms with Gasteiger partial charge in [-0.1, -0.05) is 41.9 Å². The molecule has 6 heteroatoms. The van der Waals surface area contributed by atoms with Crippen LogP contribution in [0.15, 0.2) is 36.4 Å². The van der Waals surface area contributed by atoms with E-state index in [9.17, 15) is 5.11 Å². The molecule has 106 valence electrons. The zero-order valence-electron chi connectivity index (χ0n) is 11.0. The number of benzene rings is 1. The van der Waals surface area contributed by atoms with E-state index in [1.54, 1.807) is 6.07 Å². The van der Waals surface area contributed by atoms with Gasteiger partial charge in [-0.05, 0) is 6.92 Å². The molecule has 1 atom stereocenters. The van der Waals surface area contributed by atoms with Gasteiger partial charge in [0.05, 0.1) is 6.61 Å². The lowest BCUT2D eigenvalue weighted by Gasteiger charge is -2.21. The minimum atomic E-state index is -1.22. The largest absolute Gasteiger partial charge is 0.393 e. The summed E-state index contributed by atoms with van der Waals surface area (Å²) >= 11 is 5.98. The van der Waals surface area contributed by atoms with Gasteiger partial charge in [0, 0.05) is 18.2 Å². The molecule has 1 unspecified atom stereocenters. The fraction of sp³-hybridized carbons (Fsp3) is 0.286. The molecule has 0 saturated carbocycles. The van der Waals surface area contributed by atoms with Crippen LogP contribution >= 0.6 is 11.6 Å². The summed E-state index contributed by atoms with van der Waals surface area (Å²) in [6.07, 6.45) is 0. The van der Waals surface area contributed by atoms with E-state index in [0.717, 1.165) is 5.56 Å². The second-order valence-corrected chi connectivity index (χ2v) is 5.16. The van der Waals surface area contributed by atoms with E-state index in [-0.39, 0.29) is 13.2 Å². The van der Waals surface area contributed by atoms with Gasteiger partial charge in [-0.15, -0.1) is 0 Å². The van der Waals surface area contributed by atoms with Crippen molar-refractivity contribution in [3.05, 3.63) is 41.6 Å². The molecule has 0 aliphatic rings. The monoisotopic (exact) mass is 293 g/mol. The molecule has 1 heterocycles. The highest BCUT2D eigenvalue weighted by Gasteiger charge is 2.19. The molecule has 0 saturated heterocycles. The number of anilines is 1. The van der Waals surface area contributed by atoms with Crippen molar-refractivity contribution in [1.82, 2.24) is 9.97 Å². The Kier molecular flexibility index (Phi) is 4.54. The van der Waals surface area contributed by atoms with Gasteiger partial charge in [0.15, 0.2) is 5.82 Å². The number of aromatic nitrogens is 2. The first-order valence-corrected chi connectivity index (χ1v) is 6.55. The fourth-order valence-corrected chi connectivity index (χ4v) is 1.74. The van der Waals surface area contributed by atoms with Crippen molar-refractivity contribution >= 4 is 17.4 Å². The van der Waals surface area contributed by atoms with Crippen LogP contribution in [0.1, 0.15) is 6.92 Å². The molecule has 0 bridgehead atoms. The van der Waals surface area contributed by atoms with Crippen LogP contribution in [0, 0.1) is 0 Å². The van der Waals surface area contributed by atoms with E-state index >= 15 is 0 Å². The summed E-state index contributed by atoms with van der Waals surface area (Å²) in [6.45, 7) is 1.34. The molecule has 1 aromatic heterocycles. The molecule has 0 aliphatic carbocycles. The van der Waals surface area contributed by atoms with Gasteiger partial charge in [-0.25, -0.2) is 9.97 Å². The minimum Gasteiger partial charge on any atom is -0.393 e. The van der Waals surface area contributed by atoms with Gasteiger partial charge in [0.25, 0.3) is 0 Å². The quantitative estimate of drug-likeness (QED) is 0.735. The van der Waals surface area contributed by atoms with Crippen LogP contribution in [0.25, 0.3) is 11.4 Å². The smallest absolute Gasteiger partial charge is 0.163 e. The summed E-state index contributed by atoms with van der Waals surface area (Å²) in [5, 5.41) is 22.0. The molecule has 0 fully saturated rings. The van der Waals surface area contributed by atoms with Crippen molar-refractivity contribution in [2.75, 3.05) is 18.5 Å². The first-order valence-electron chi connectivity index (χ1n) is 6.17. The second kappa shape index (κ2) is 6.17. The first-order chi connectivity index (χ1) is 9.50. The summed E-state index contributed by atoms with van der Waals surface area (Å²) < 4.78 is 0. The maximum absolute atomic E-state index is 9.75. The predicted molar refractivity (Wildman–Crippen MR) is 78.7 cm³/mol. The highest BCUT2D eigenvalue weighted by molar-refractivity contribution is 6.29. The van der Waals surface area contributed by atoms with Crippen LogP contribution in [0.5, 0.6) is 0 Å². The number of halogens is 1. The standard InChI is InChI=1S/C14H16ClN3O2/c1-14(20,9-19)8-16-12-7-11(15)17-13(18-12)10-5-3-2-4-6-10/h2-7,19-20H,8-9H2,1H3,(H,16,17,18). The SMILES string of the molecule is CC(O)(CO)CNc1cc(Cl)nc(-c2ccccc2)n1. The Hall–Kier alpha value is -1.69. The van der Waals surface area contributed by atoms with Crippen molar-refractivity contribution in [2.24, 2.45) is 0 Å². The van der Waals surface area contributed by atoms with Crippen LogP contribution in [0.3, 0.4) is 0 Å². The summed E-state index contributed by atoms with van der Waals surface area (Å²) in [4.78, 5) is 8.51. The van der Waals surface area contributed by atoms with E-state index in [4.69, 9.17) is 16.7 Å². The lowest BCUT2D eigenvalue weighted by molar-refractivity contribution is 0.0132. The number of nitrogens with one attached hydrogen (secondary N) is 1. The Bertz CT molecular complexity index is 576. The zero-order chi connectivity index (χ0) is 14.6. The Balaban J connectivity index is 2.21. The molecular weight excluding hydrogens is 278 g/mol. The maximum Gasteiger partial charge on any atom is 0.163 e. The summed E-state index contributed by atoms with van der Waals surface area (Å²) in [7, 11) is 0. The van der Waals surface area contributed by atoms with E-state index in [2.05, 4.69) is 15.3 Å². The maximum atomic E-state index is 9.75. The summed E-state index contributed by atoms with van der Waals surface area (Å²) in [5.74, 6) is 1.00. The van der Waals surface area contributed by atoms with Gasteiger partial charge in [-0.2, -0.15) is 0 Å². The molecule has 0 spiro atoms. The second-order valence-electron chi connectivity index (χ2n) is 4.77. The van der Waals surface area contributed by atoms with Crippen LogP contribution < -0.4 is 5.32 Å². The number of hydrogen-bond donors (Lipinski definition) is 3. The van der Waals surface area contributed by atoms with Crippen molar-refractivity contribution in [2.45, 2.75) is 12.5 Å². The summed E-state index contributed by atoms with van der Waals surface area (Å²) in [6, 6.07) is 11.0. The predicted octanol–water partition coefficient (Wildman–Crippen LogP) is 1.95. The van der Waals surface area contributed by atoms with Crippen LogP contribution in [-0.4, -0.2) is 38.9 Å². The summed E-state index contributed by atoms with van der Waals surface area (Å²) in [5.41, 5.74) is -0.364. The molecule has 3 N–H and O–H groups in total. The molecule has 0 amide bonds. The zero-order valence-corrected chi connectivity index (χ0v) is 11.8.